The molecule has 6 nitrogen and oxygen atoms in total. The molecule has 0 unspecified atom stereocenters. The number of aromatic amines is 1. The van der Waals surface area contributed by atoms with Crippen LogP contribution in [0.25, 0.3) is 0 Å². The van der Waals surface area contributed by atoms with E-state index < -0.39 is 11.2 Å². The number of carbonyl (C=O) groups is 1. The number of aromatic nitrogens is 2. The number of likely N-dealkylation sites (tertiary alicyclic amines) is 1. The fourth-order valence-electron chi connectivity index (χ4n) is 2.81. The summed E-state index contributed by atoms with van der Waals surface area (Å²) in [7, 11) is 0. The van der Waals surface area contributed by atoms with Crippen molar-refractivity contribution in [3.8, 4) is 0 Å². The highest BCUT2D eigenvalue weighted by molar-refractivity contribution is 7.09. The molecule has 2 aromatic heterocycles. The summed E-state index contributed by atoms with van der Waals surface area (Å²) in [6.45, 7) is 1.53. The third-order valence-electron chi connectivity index (χ3n) is 4.08. The number of hydrogen-bond donors (Lipinski definition) is 1. The maximum atomic E-state index is 12.6. The Hall–Kier alpha value is -2.15. The van der Waals surface area contributed by atoms with E-state index in [9.17, 15) is 14.4 Å². The Kier molecular flexibility index (Phi) is 4.76. The second-order valence-corrected chi connectivity index (χ2v) is 6.72. The second-order valence-electron chi connectivity index (χ2n) is 5.68. The molecule has 0 spiro atoms. The van der Waals surface area contributed by atoms with Gasteiger partial charge in [-0.05, 0) is 24.3 Å². The number of carbonyl (C=O) groups excluding carboxylic acids is 1. The maximum Gasteiger partial charge on any atom is 0.328 e. The number of rotatable bonds is 3. The first-order chi connectivity index (χ1) is 11.2. The van der Waals surface area contributed by atoms with Gasteiger partial charge in [0.15, 0.2) is 0 Å². The molecule has 1 amide bonds. The summed E-state index contributed by atoms with van der Waals surface area (Å²) in [6.07, 6.45) is 5.38. The van der Waals surface area contributed by atoms with Crippen LogP contribution in [-0.4, -0.2) is 33.4 Å². The van der Waals surface area contributed by atoms with Crippen LogP contribution in [0.5, 0.6) is 0 Å². The summed E-state index contributed by atoms with van der Waals surface area (Å²) in [5, 5.41) is 1.89. The van der Waals surface area contributed by atoms with Crippen molar-refractivity contribution in [1.82, 2.24) is 14.5 Å². The molecule has 1 saturated heterocycles. The zero-order valence-electron chi connectivity index (χ0n) is 12.8. The number of hydrogen-bond acceptors (Lipinski definition) is 4. The molecule has 2 aromatic rings. The number of amides is 1. The molecule has 3 heterocycles. The van der Waals surface area contributed by atoms with E-state index in [1.54, 1.807) is 4.90 Å². The van der Waals surface area contributed by atoms with E-state index in [4.69, 9.17) is 0 Å². The average molecular weight is 333 g/mol. The van der Waals surface area contributed by atoms with Crippen LogP contribution in [0.3, 0.4) is 0 Å². The molecule has 1 N–H and O–H groups in total. The molecule has 3 rings (SSSR count). The van der Waals surface area contributed by atoms with E-state index in [0.717, 1.165) is 35.1 Å². The molecule has 0 aromatic carbocycles. The quantitative estimate of drug-likeness (QED) is 0.928. The van der Waals surface area contributed by atoms with E-state index >= 15 is 0 Å². The Labute approximate surface area is 137 Å². The third kappa shape index (κ3) is 3.44. The van der Waals surface area contributed by atoms with Crippen molar-refractivity contribution in [2.45, 2.75) is 32.2 Å². The summed E-state index contributed by atoms with van der Waals surface area (Å²) < 4.78 is 1.09. The molecule has 122 valence electrons. The van der Waals surface area contributed by atoms with E-state index in [1.807, 2.05) is 17.5 Å². The Balaban J connectivity index is 1.92. The van der Waals surface area contributed by atoms with Gasteiger partial charge >= 0.3 is 5.69 Å². The normalized spacial score (nSPS) is 15.4. The van der Waals surface area contributed by atoms with Gasteiger partial charge < -0.3 is 9.88 Å². The van der Waals surface area contributed by atoms with Gasteiger partial charge in [0.25, 0.3) is 11.5 Å². The van der Waals surface area contributed by atoms with E-state index in [-0.39, 0.29) is 18.0 Å². The van der Waals surface area contributed by atoms with E-state index in [1.165, 1.54) is 17.5 Å². The van der Waals surface area contributed by atoms with Gasteiger partial charge in [-0.1, -0.05) is 18.9 Å². The van der Waals surface area contributed by atoms with E-state index in [2.05, 4.69) is 4.98 Å². The van der Waals surface area contributed by atoms with Crippen molar-refractivity contribution in [3.63, 3.8) is 0 Å². The van der Waals surface area contributed by atoms with Gasteiger partial charge in [-0.3, -0.25) is 14.2 Å². The Bertz CT molecular complexity index is 784. The zero-order chi connectivity index (χ0) is 16.2. The van der Waals surface area contributed by atoms with Crippen LogP contribution in [0.2, 0.25) is 0 Å². The molecule has 0 atom stereocenters. The van der Waals surface area contributed by atoms with Crippen LogP contribution in [0, 0.1) is 0 Å². The highest BCUT2D eigenvalue weighted by Crippen LogP contribution is 2.12. The van der Waals surface area contributed by atoms with Gasteiger partial charge in [0.2, 0.25) is 0 Å². The third-order valence-corrected chi connectivity index (χ3v) is 4.94. The summed E-state index contributed by atoms with van der Waals surface area (Å²) in [6, 6.07) is 3.73. The fourth-order valence-corrected chi connectivity index (χ4v) is 3.50. The van der Waals surface area contributed by atoms with Crippen LogP contribution in [0.15, 0.2) is 33.3 Å². The van der Waals surface area contributed by atoms with Gasteiger partial charge in [-0.2, -0.15) is 0 Å². The highest BCUT2D eigenvalue weighted by atomic mass is 32.1. The molecule has 23 heavy (non-hydrogen) atoms. The van der Waals surface area contributed by atoms with Crippen LogP contribution < -0.4 is 11.2 Å². The van der Waals surface area contributed by atoms with Crippen molar-refractivity contribution >= 4 is 17.2 Å². The lowest BCUT2D eigenvalue weighted by atomic mass is 10.2. The molecule has 0 saturated carbocycles. The lowest BCUT2D eigenvalue weighted by Gasteiger charge is -2.20. The first-order valence-corrected chi connectivity index (χ1v) is 8.69. The van der Waals surface area contributed by atoms with Crippen molar-refractivity contribution in [2.75, 3.05) is 13.1 Å². The number of nitrogens with zero attached hydrogens (tertiary/aromatic N) is 2. The molecule has 1 fully saturated rings. The summed E-state index contributed by atoms with van der Waals surface area (Å²) in [5.74, 6) is -0.284. The lowest BCUT2D eigenvalue weighted by molar-refractivity contribution is 0.0758. The standard InChI is InChI=1S/C16H19N3O3S/c20-14(18-7-3-1-2-4-8-18)13-10-17-16(22)19(15(13)21)11-12-6-5-9-23-12/h5-6,9-10H,1-4,7-8,11H2,(H,17,22). The summed E-state index contributed by atoms with van der Waals surface area (Å²) >= 11 is 1.47. The molecule has 0 radical (unpaired) electrons. The molecule has 0 aliphatic carbocycles. The minimum Gasteiger partial charge on any atom is -0.338 e. The first kappa shape index (κ1) is 15.7. The minimum atomic E-state index is -0.517. The van der Waals surface area contributed by atoms with Gasteiger partial charge in [-0.25, -0.2) is 4.79 Å². The molecular formula is C16H19N3O3S. The monoisotopic (exact) mass is 333 g/mol. The largest absolute Gasteiger partial charge is 0.338 e. The van der Waals surface area contributed by atoms with E-state index in [0.29, 0.717) is 13.1 Å². The van der Waals surface area contributed by atoms with Gasteiger partial charge in [0, 0.05) is 24.2 Å². The van der Waals surface area contributed by atoms with Gasteiger partial charge in [0.05, 0.1) is 6.54 Å². The van der Waals surface area contributed by atoms with Gasteiger partial charge in [-0.15, -0.1) is 11.3 Å². The second kappa shape index (κ2) is 6.95. The minimum absolute atomic E-state index is 0.0445. The zero-order valence-corrected chi connectivity index (χ0v) is 13.6. The van der Waals surface area contributed by atoms with Crippen molar-refractivity contribution in [2.24, 2.45) is 0 Å². The Morgan fingerprint density at radius 2 is 1.91 bits per heavy atom. The van der Waals surface area contributed by atoms with Crippen LogP contribution >= 0.6 is 11.3 Å². The highest BCUT2D eigenvalue weighted by Gasteiger charge is 2.21. The number of nitrogens with one attached hydrogen (secondary N) is 1. The smallest absolute Gasteiger partial charge is 0.328 e. The Morgan fingerprint density at radius 3 is 2.57 bits per heavy atom. The van der Waals surface area contributed by atoms with Crippen molar-refractivity contribution in [1.29, 1.82) is 0 Å². The fraction of sp³-hybridized carbons (Fsp3) is 0.438. The predicted molar refractivity (Wildman–Crippen MR) is 89.1 cm³/mol. The molecule has 1 aliphatic heterocycles. The number of thiophene rings is 1. The summed E-state index contributed by atoms with van der Waals surface area (Å²) in [5.41, 5.74) is -0.963. The maximum absolute atomic E-state index is 12.6. The summed E-state index contributed by atoms with van der Waals surface area (Å²) in [4.78, 5) is 42.3. The van der Waals surface area contributed by atoms with Crippen LogP contribution in [0.4, 0.5) is 0 Å². The topological polar surface area (TPSA) is 75.2 Å². The lowest BCUT2D eigenvalue weighted by Crippen LogP contribution is -2.42. The average Bonchev–Trinajstić information content (AvgIpc) is 2.90. The van der Waals surface area contributed by atoms with Gasteiger partial charge in [0.1, 0.15) is 5.56 Å². The molecule has 0 bridgehead atoms. The van der Waals surface area contributed by atoms with Crippen molar-refractivity contribution in [3.05, 3.63) is 55.0 Å². The van der Waals surface area contributed by atoms with Crippen LogP contribution in [0.1, 0.15) is 40.9 Å². The molecule has 7 heteroatoms. The number of H-pyrrole nitrogens is 1. The first-order valence-electron chi connectivity index (χ1n) is 7.81. The SMILES string of the molecule is O=C(c1c[nH]c(=O)n(Cc2cccs2)c1=O)N1CCCCCC1. The predicted octanol–water partition coefficient (Wildman–Crippen LogP) is 1.66. The van der Waals surface area contributed by atoms with Crippen molar-refractivity contribution < 1.29 is 4.79 Å². The van der Waals surface area contributed by atoms with Crippen LogP contribution in [-0.2, 0) is 6.54 Å². The Morgan fingerprint density at radius 1 is 1.17 bits per heavy atom. The molecular weight excluding hydrogens is 314 g/mol. The molecule has 1 aliphatic rings.